The minimum atomic E-state index is -4.45. The van der Waals surface area contributed by atoms with Crippen LogP contribution in [0.3, 0.4) is 0 Å². The van der Waals surface area contributed by atoms with Crippen molar-refractivity contribution in [3.63, 3.8) is 0 Å². The first kappa shape index (κ1) is 13.5. The van der Waals surface area contributed by atoms with Crippen molar-refractivity contribution in [1.29, 1.82) is 5.26 Å². The third-order valence-electron chi connectivity index (χ3n) is 2.05. The van der Waals surface area contributed by atoms with E-state index in [0.29, 0.717) is 0 Å². The Labute approximate surface area is 95.4 Å². The van der Waals surface area contributed by atoms with Crippen molar-refractivity contribution in [1.82, 2.24) is 0 Å². The second-order valence-electron chi connectivity index (χ2n) is 3.45. The van der Waals surface area contributed by atoms with Gasteiger partial charge in [0.1, 0.15) is 5.82 Å². The average Bonchev–Trinajstić information content (AvgIpc) is 2.23. The van der Waals surface area contributed by atoms with Crippen molar-refractivity contribution in [2.75, 3.05) is 0 Å². The van der Waals surface area contributed by atoms with Gasteiger partial charge in [-0.2, -0.15) is 18.4 Å². The van der Waals surface area contributed by atoms with Crippen molar-refractivity contribution >= 4 is 0 Å². The van der Waals surface area contributed by atoms with Gasteiger partial charge in [-0.3, -0.25) is 0 Å². The number of rotatable bonds is 3. The zero-order chi connectivity index (χ0) is 13.1. The zero-order valence-corrected chi connectivity index (χ0v) is 8.88. The van der Waals surface area contributed by atoms with Gasteiger partial charge < -0.3 is 4.74 Å². The normalized spacial score (nSPS) is 13.2. The Balaban J connectivity index is 2.70. The minimum absolute atomic E-state index is 0.0447. The first-order chi connectivity index (χ1) is 7.82. The Kier molecular flexibility index (Phi) is 4.07. The maximum absolute atomic E-state index is 12.9. The second-order valence-corrected chi connectivity index (χ2v) is 3.45. The van der Waals surface area contributed by atoms with Crippen LogP contribution in [-0.2, 0) is 11.3 Å². The summed E-state index contributed by atoms with van der Waals surface area (Å²) in [5.74, 6) is -0.678. The van der Waals surface area contributed by atoms with Crippen molar-refractivity contribution < 1.29 is 22.3 Å². The summed E-state index contributed by atoms with van der Waals surface area (Å²) in [4.78, 5) is 0. The molecule has 0 aromatic heterocycles. The Morgan fingerprint density at radius 2 is 2.00 bits per heavy atom. The highest BCUT2D eigenvalue weighted by molar-refractivity contribution is 5.33. The van der Waals surface area contributed by atoms with E-state index in [1.165, 1.54) is 6.07 Å². The molecule has 1 aromatic carbocycles. The highest BCUT2D eigenvalue weighted by Gasteiger charge is 2.36. The van der Waals surface area contributed by atoms with Gasteiger partial charge in [0.25, 0.3) is 0 Å². The van der Waals surface area contributed by atoms with Crippen LogP contribution in [0, 0.1) is 17.1 Å². The molecular weight excluding hydrogens is 238 g/mol. The molecule has 0 saturated carbocycles. The molecule has 0 aliphatic rings. The van der Waals surface area contributed by atoms with Crippen LogP contribution >= 0.6 is 0 Å². The topological polar surface area (TPSA) is 33.0 Å². The van der Waals surface area contributed by atoms with Crippen LogP contribution in [0.5, 0.6) is 0 Å². The Hall–Kier alpha value is -1.61. The quantitative estimate of drug-likeness (QED) is 0.768. The molecule has 0 N–H and O–H groups in total. The smallest absolute Gasteiger partial charge is 0.364 e. The van der Waals surface area contributed by atoms with E-state index in [-0.39, 0.29) is 11.1 Å². The number of halogens is 4. The predicted molar refractivity (Wildman–Crippen MR) is 51.4 cm³/mol. The zero-order valence-electron chi connectivity index (χ0n) is 8.88. The monoisotopic (exact) mass is 247 g/mol. The van der Waals surface area contributed by atoms with E-state index in [1.54, 1.807) is 6.07 Å². The highest BCUT2D eigenvalue weighted by Crippen LogP contribution is 2.23. The molecule has 0 bridgehead atoms. The highest BCUT2D eigenvalue weighted by atomic mass is 19.4. The van der Waals surface area contributed by atoms with E-state index in [0.717, 1.165) is 19.1 Å². The minimum Gasteiger partial charge on any atom is -0.364 e. The summed E-state index contributed by atoms with van der Waals surface area (Å²) in [7, 11) is 0. The fourth-order valence-corrected chi connectivity index (χ4v) is 1.11. The van der Waals surface area contributed by atoms with E-state index in [4.69, 9.17) is 5.26 Å². The predicted octanol–water partition coefficient (Wildman–Crippen LogP) is 3.16. The molecule has 0 saturated heterocycles. The maximum Gasteiger partial charge on any atom is 0.414 e. The summed E-state index contributed by atoms with van der Waals surface area (Å²) in [6.45, 7) is 0.470. The molecule has 92 valence electrons. The largest absolute Gasteiger partial charge is 0.414 e. The Bertz CT molecular complexity index is 436. The fourth-order valence-electron chi connectivity index (χ4n) is 1.11. The lowest BCUT2D eigenvalue weighted by Crippen LogP contribution is -2.28. The average molecular weight is 247 g/mol. The summed E-state index contributed by atoms with van der Waals surface area (Å²) in [6.07, 6.45) is -6.39. The van der Waals surface area contributed by atoms with E-state index in [2.05, 4.69) is 4.74 Å². The van der Waals surface area contributed by atoms with Crippen molar-refractivity contribution in [3.05, 3.63) is 35.1 Å². The molecule has 0 fully saturated rings. The Morgan fingerprint density at radius 3 is 2.53 bits per heavy atom. The lowest BCUT2D eigenvalue weighted by Gasteiger charge is -2.16. The number of nitrogens with zero attached hydrogens (tertiary/aromatic N) is 1. The number of nitriles is 1. The molecule has 1 unspecified atom stereocenters. The summed E-state index contributed by atoms with van der Waals surface area (Å²) >= 11 is 0. The van der Waals surface area contributed by atoms with Gasteiger partial charge in [0.2, 0.25) is 0 Å². The molecule has 1 rings (SSSR count). The maximum atomic E-state index is 12.9. The lowest BCUT2D eigenvalue weighted by molar-refractivity contribution is -0.217. The molecule has 1 atom stereocenters. The molecule has 0 spiro atoms. The Morgan fingerprint density at radius 1 is 1.35 bits per heavy atom. The van der Waals surface area contributed by atoms with E-state index < -0.39 is 24.7 Å². The van der Waals surface area contributed by atoms with Crippen molar-refractivity contribution in [3.8, 4) is 6.07 Å². The van der Waals surface area contributed by atoms with Crippen LogP contribution in [0.2, 0.25) is 0 Å². The van der Waals surface area contributed by atoms with Crippen molar-refractivity contribution in [2.24, 2.45) is 0 Å². The number of alkyl halides is 3. The molecule has 6 heteroatoms. The number of ether oxygens (including phenoxy) is 1. The standard InChI is InChI=1S/C11H9F4NO/c1-7(11(13,14)15)17-6-9-2-8(5-16)3-10(12)4-9/h2-4,7H,6H2,1H3. The fraction of sp³-hybridized carbons (Fsp3) is 0.364. The number of hydrogen-bond donors (Lipinski definition) is 0. The van der Waals surface area contributed by atoms with Gasteiger partial charge in [0, 0.05) is 0 Å². The molecule has 1 aromatic rings. The summed E-state index contributed by atoms with van der Waals surface area (Å²) in [5, 5.41) is 8.56. The number of benzene rings is 1. The molecule has 0 radical (unpaired) electrons. The van der Waals surface area contributed by atoms with Crippen molar-refractivity contribution in [2.45, 2.75) is 25.8 Å². The molecule has 0 amide bonds. The molecule has 0 aliphatic heterocycles. The van der Waals surface area contributed by atoms with Gasteiger partial charge >= 0.3 is 6.18 Å². The van der Waals surface area contributed by atoms with Crippen LogP contribution in [0.1, 0.15) is 18.1 Å². The van der Waals surface area contributed by atoms with Crippen LogP contribution in [0.15, 0.2) is 18.2 Å². The first-order valence-electron chi connectivity index (χ1n) is 4.71. The number of hydrogen-bond acceptors (Lipinski definition) is 2. The molecule has 2 nitrogen and oxygen atoms in total. The van der Waals surface area contributed by atoms with Crippen LogP contribution in [0.4, 0.5) is 17.6 Å². The SMILES string of the molecule is CC(OCc1cc(F)cc(C#N)c1)C(F)(F)F. The van der Waals surface area contributed by atoms with E-state index in [9.17, 15) is 17.6 Å². The van der Waals surface area contributed by atoms with E-state index >= 15 is 0 Å². The van der Waals surface area contributed by atoms with Crippen LogP contribution in [0.25, 0.3) is 0 Å². The lowest BCUT2D eigenvalue weighted by atomic mass is 10.1. The third kappa shape index (κ3) is 4.04. The third-order valence-corrected chi connectivity index (χ3v) is 2.05. The molecule has 17 heavy (non-hydrogen) atoms. The van der Waals surface area contributed by atoms with Gasteiger partial charge in [-0.25, -0.2) is 4.39 Å². The van der Waals surface area contributed by atoms with Crippen LogP contribution in [-0.4, -0.2) is 12.3 Å². The van der Waals surface area contributed by atoms with Gasteiger partial charge in [-0.1, -0.05) is 0 Å². The molecule has 0 aliphatic carbocycles. The summed E-state index contributed by atoms with van der Waals surface area (Å²) < 4.78 is 53.9. The van der Waals surface area contributed by atoms with E-state index in [1.807, 2.05) is 0 Å². The van der Waals surface area contributed by atoms with Gasteiger partial charge in [-0.05, 0) is 30.7 Å². The second kappa shape index (κ2) is 5.15. The first-order valence-corrected chi connectivity index (χ1v) is 4.71. The molecular formula is C11H9F4NO. The van der Waals surface area contributed by atoms with Gasteiger partial charge in [-0.15, -0.1) is 0 Å². The van der Waals surface area contributed by atoms with Gasteiger partial charge in [0.15, 0.2) is 6.10 Å². The van der Waals surface area contributed by atoms with Crippen LogP contribution < -0.4 is 0 Å². The summed E-state index contributed by atoms with van der Waals surface area (Å²) in [5.41, 5.74) is 0.237. The van der Waals surface area contributed by atoms with Gasteiger partial charge in [0.05, 0.1) is 18.2 Å². The molecule has 0 heterocycles. The summed E-state index contributed by atoms with van der Waals surface area (Å²) in [6, 6.07) is 5.02.